The fourth-order valence-corrected chi connectivity index (χ4v) is 3.12. The van der Waals surface area contributed by atoms with Crippen LogP contribution in [-0.2, 0) is 13.0 Å². The first-order valence-corrected chi connectivity index (χ1v) is 7.72. The SMILES string of the molecule is CCNCc1ccc(C2CCCc3cccnc32)cc1F. The summed E-state index contributed by atoms with van der Waals surface area (Å²) in [5.41, 5.74) is 4.22. The van der Waals surface area contributed by atoms with E-state index in [1.807, 2.05) is 25.3 Å². The Morgan fingerprint density at radius 2 is 2.24 bits per heavy atom. The zero-order valence-corrected chi connectivity index (χ0v) is 12.4. The van der Waals surface area contributed by atoms with Crippen LogP contribution in [0, 0.1) is 5.82 Å². The molecule has 0 saturated heterocycles. The number of halogens is 1. The average Bonchev–Trinajstić information content (AvgIpc) is 2.53. The topological polar surface area (TPSA) is 24.9 Å². The highest BCUT2D eigenvalue weighted by Gasteiger charge is 2.23. The second kappa shape index (κ2) is 6.35. The molecule has 1 atom stereocenters. The molecular formula is C18H21FN2. The normalized spacial score (nSPS) is 17.5. The molecule has 2 aromatic rings. The molecular weight excluding hydrogens is 263 g/mol. The summed E-state index contributed by atoms with van der Waals surface area (Å²) >= 11 is 0. The average molecular weight is 284 g/mol. The van der Waals surface area contributed by atoms with Crippen molar-refractivity contribution in [1.29, 1.82) is 0 Å². The molecule has 1 aromatic heterocycles. The van der Waals surface area contributed by atoms with Crippen LogP contribution >= 0.6 is 0 Å². The number of nitrogens with zero attached hydrogens (tertiary/aromatic N) is 1. The van der Waals surface area contributed by atoms with E-state index in [1.165, 1.54) is 5.56 Å². The molecule has 0 spiro atoms. The molecule has 0 bridgehead atoms. The van der Waals surface area contributed by atoms with Gasteiger partial charge in [0.1, 0.15) is 5.82 Å². The smallest absolute Gasteiger partial charge is 0.127 e. The maximum atomic E-state index is 14.2. The van der Waals surface area contributed by atoms with Gasteiger partial charge in [0, 0.05) is 24.2 Å². The Morgan fingerprint density at radius 3 is 3.05 bits per heavy atom. The molecule has 0 radical (unpaired) electrons. The van der Waals surface area contributed by atoms with E-state index in [-0.39, 0.29) is 11.7 Å². The second-order valence-corrected chi connectivity index (χ2v) is 5.62. The number of hydrogen-bond donors (Lipinski definition) is 1. The Labute approximate surface area is 125 Å². The van der Waals surface area contributed by atoms with Crippen molar-refractivity contribution in [3.63, 3.8) is 0 Å². The first-order valence-electron chi connectivity index (χ1n) is 7.72. The lowest BCUT2D eigenvalue weighted by Crippen LogP contribution is -2.15. The van der Waals surface area contributed by atoms with E-state index < -0.39 is 0 Å². The standard InChI is InChI=1S/C18H21FN2/c1-2-20-12-15-9-8-14(11-17(15)19)16-7-3-5-13-6-4-10-21-18(13)16/h4,6,8-11,16,20H,2-3,5,7,12H2,1H3. The molecule has 110 valence electrons. The van der Waals surface area contributed by atoms with Crippen LogP contribution in [-0.4, -0.2) is 11.5 Å². The number of rotatable bonds is 4. The minimum atomic E-state index is -0.114. The van der Waals surface area contributed by atoms with Crippen molar-refractivity contribution in [2.24, 2.45) is 0 Å². The Kier molecular flexibility index (Phi) is 4.30. The lowest BCUT2D eigenvalue weighted by molar-refractivity contribution is 0.573. The van der Waals surface area contributed by atoms with E-state index in [0.29, 0.717) is 6.54 Å². The predicted octanol–water partition coefficient (Wildman–Crippen LogP) is 3.80. The van der Waals surface area contributed by atoms with Crippen molar-refractivity contribution in [2.45, 2.75) is 38.6 Å². The molecule has 0 aliphatic heterocycles. The van der Waals surface area contributed by atoms with Gasteiger partial charge in [0.2, 0.25) is 0 Å². The van der Waals surface area contributed by atoms with Crippen molar-refractivity contribution >= 4 is 0 Å². The molecule has 1 aliphatic carbocycles. The molecule has 1 unspecified atom stereocenters. The van der Waals surface area contributed by atoms with E-state index in [0.717, 1.165) is 42.6 Å². The third-order valence-corrected chi connectivity index (χ3v) is 4.24. The summed E-state index contributed by atoms with van der Waals surface area (Å²) in [5.74, 6) is 0.120. The number of fused-ring (bicyclic) bond motifs is 1. The summed E-state index contributed by atoms with van der Waals surface area (Å²) < 4.78 is 14.2. The molecule has 0 amide bonds. The van der Waals surface area contributed by atoms with Crippen molar-refractivity contribution in [2.75, 3.05) is 6.54 Å². The van der Waals surface area contributed by atoms with Gasteiger partial charge in [0.15, 0.2) is 0 Å². The Hall–Kier alpha value is -1.74. The highest BCUT2D eigenvalue weighted by molar-refractivity contribution is 5.37. The molecule has 1 aromatic carbocycles. The molecule has 0 fully saturated rings. The van der Waals surface area contributed by atoms with Gasteiger partial charge in [-0.15, -0.1) is 0 Å². The van der Waals surface area contributed by atoms with Crippen LogP contribution < -0.4 is 5.32 Å². The summed E-state index contributed by atoms with van der Waals surface area (Å²) in [6, 6.07) is 9.79. The first-order chi connectivity index (χ1) is 10.3. The fourth-order valence-electron chi connectivity index (χ4n) is 3.12. The lowest BCUT2D eigenvalue weighted by Gasteiger charge is -2.25. The number of aromatic nitrogens is 1. The summed E-state index contributed by atoms with van der Waals surface area (Å²) in [6.07, 6.45) is 5.12. The number of nitrogens with one attached hydrogen (secondary N) is 1. The van der Waals surface area contributed by atoms with Crippen molar-refractivity contribution in [1.82, 2.24) is 10.3 Å². The van der Waals surface area contributed by atoms with Gasteiger partial charge in [0.25, 0.3) is 0 Å². The van der Waals surface area contributed by atoms with Crippen molar-refractivity contribution < 1.29 is 4.39 Å². The van der Waals surface area contributed by atoms with E-state index in [9.17, 15) is 4.39 Å². The molecule has 1 aliphatic rings. The Morgan fingerprint density at radius 1 is 1.33 bits per heavy atom. The molecule has 21 heavy (non-hydrogen) atoms. The van der Waals surface area contributed by atoms with Gasteiger partial charge in [-0.1, -0.05) is 25.1 Å². The van der Waals surface area contributed by atoms with Gasteiger partial charge < -0.3 is 5.32 Å². The Balaban J connectivity index is 1.90. The van der Waals surface area contributed by atoms with E-state index >= 15 is 0 Å². The van der Waals surface area contributed by atoms with Crippen LogP contribution in [0.15, 0.2) is 36.5 Å². The van der Waals surface area contributed by atoms with Gasteiger partial charge in [-0.2, -0.15) is 0 Å². The predicted molar refractivity (Wildman–Crippen MR) is 82.8 cm³/mol. The van der Waals surface area contributed by atoms with E-state index in [2.05, 4.69) is 22.4 Å². The largest absolute Gasteiger partial charge is 0.313 e. The highest BCUT2D eigenvalue weighted by Crippen LogP contribution is 2.35. The third-order valence-electron chi connectivity index (χ3n) is 4.24. The van der Waals surface area contributed by atoms with Crippen LogP contribution in [0.5, 0.6) is 0 Å². The van der Waals surface area contributed by atoms with Crippen molar-refractivity contribution in [3.05, 3.63) is 64.7 Å². The van der Waals surface area contributed by atoms with Crippen molar-refractivity contribution in [3.8, 4) is 0 Å². The molecule has 3 heteroatoms. The molecule has 1 N–H and O–H groups in total. The fraction of sp³-hybridized carbons (Fsp3) is 0.389. The van der Waals surface area contributed by atoms with Crippen LogP contribution in [0.1, 0.15) is 48.1 Å². The summed E-state index contributed by atoms with van der Waals surface area (Å²) in [4.78, 5) is 4.54. The highest BCUT2D eigenvalue weighted by atomic mass is 19.1. The lowest BCUT2D eigenvalue weighted by atomic mass is 9.82. The quantitative estimate of drug-likeness (QED) is 0.923. The van der Waals surface area contributed by atoms with Crippen LogP contribution in [0.4, 0.5) is 4.39 Å². The van der Waals surface area contributed by atoms with E-state index in [4.69, 9.17) is 0 Å². The molecule has 2 nitrogen and oxygen atoms in total. The first kappa shape index (κ1) is 14.2. The van der Waals surface area contributed by atoms with Crippen LogP contribution in [0.3, 0.4) is 0 Å². The van der Waals surface area contributed by atoms with Gasteiger partial charge in [-0.25, -0.2) is 4.39 Å². The third kappa shape index (κ3) is 2.98. The zero-order chi connectivity index (χ0) is 14.7. The summed E-state index contributed by atoms with van der Waals surface area (Å²) in [6.45, 7) is 3.46. The minimum Gasteiger partial charge on any atom is -0.313 e. The zero-order valence-electron chi connectivity index (χ0n) is 12.4. The van der Waals surface area contributed by atoms with Gasteiger partial charge in [-0.05, 0) is 49.1 Å². The Bertz CT molecular complexity index is 624. The van der Waals surface area contributed by atoms with E-state index in [1.54, 1.807) is 6.07 Å². The maximum absolute atomic E-state index is 14.2. The molecule has 0 saturated carbocycles. The summed E-state index contributed by atoms with van der Waals surface area (Å²) in [7, 11) is 0. The monoisotopic (exact) mass is 284 g/mol. The molecule has 1 heterocycles. The van der Waals surface area contributed by atoms with Crippen LogP contribution in [0.25, 0.3) is 0 Å². The van der Waals surface area contributed by atoms with Gasteiger partial charge in [-0.3, -0.25) is 4.98 Å². The summed E-state index contributed by atoms with van der Waals surface area (Å²) in [5, 5.41) is 3.17. The molecule has 3 rings (SSSR count). The number of aryl methyl sites for hydroxylation is 1. The maximum Gasteiger partial charge on any atom is 0.127 e. The number of benzene rings is 1. The number of pyridine rings is 1. The van der Waals surface area contributed by atoms with Gasteiger partial charge in [0.05, 0.1) is 5.69 Å². The van der Waals surface area contributed by atoms with Gasteiger partial charge >= 0.3 is 0 Å². The second-order valence-electron chi connectivity index (χ2n) is 5.62. The minimum absolute atomic E-state index is 0.114. The van der Waals surface area contributed by atoms with Crippen LogP contribution in [0.2, 0.25) is 0 Å². The number of hydrogen-bond acceptors (Lipinski definition) is 2.